The van der Waals surface area contributed by atoms with Crippen LogP contribution in [0, 0.1) is 5.21 Å². The normalized spacial score (nSPS) is 11.2. The van der Waals surface area contributed by atoms with Gasteiger partial charge in [0.1, 0.15) is 0 Å². The molecule has 3 nitrogen and oxygen atoms in total. The van der Waals surface area contributed by atoms with Crippen LogP contribution < -0.4 is 4.73 Å². The Morgan fingerprint density at radius 2 is 1.93 bits per heavy atom. The Morgan fingerprint density at radius 3 is 2.43 bits per heavy atom. The maximum Gasteiger partial charge on any atom is 0.180 e. The minimum absolute atomic E-state index is 0.572. The molecule has 0 radical (unpaired) electrons. The molecule has 0 aliphatic rings. The van der Waals surface area contributed by atoms with Crippen LogP contribution in [0.25, 0.3) is 0 Å². The molecule has 3 heteroatoms. The summed E-state index contributed by atoms with van der Waals surface area (Å²) < 4.78 is 0.815. The molecule has 0 bridgehead atoms. The Bertz CT molecular complexity index is 269. The molecule has 0 saturated heterocycles. The van der Waals surface area contributed by atoms with E-state index in [2.05, 4.69) is 25.8 Å². The Morgan fingerprint density at radius 1 is 1.36 bits per heavy atom. The van der Waals surface area contributed by atoms with Crippen molar-refractivity contribution < 1.29 is 4.73 Å². The summed E-state index contributed by atoms with van der Waals surface area (Å²) in [5.41, 5.74) is 1.21. The number of likely N-dealkylation sites (N-methyl/N-ethyl adjacent to an activating group) is 1. The third kappa shape index (κ3) is 3.34. The minimum Gasteiger partial charge on any atom is -0.619 e. The average molecular weight is 194 g/mol. The molecule has 0 unspecified atom stereocenters. The lowest BCUT2D eigenvalue weighted by molar-refractivity contribution is -0.605. The predicted molar refractivity (Wildman–Crippen MR) is 56.9 cm³/mol. The van der Waals surface area contributed by atoms with E-state index >= 15 is 0 Å². The Kier molecular flexibility index (Phi) is 3.89. The summed E-state index contributed by atoms with van der Waals surface area (Å²) in [5, 5.41) is 10.8. The van der Waals surface area contributed by atoms with Crippen LogP contribution in [0.2, 0.25) is 0 Å². The van der Waals surface area contributed by atoms with Gasteiger partial charge in [0, 0.05) is 24.7 Å². The van der Waals surface area contributed by atoms with Gasteiger partial charge in [0.05, 0.1) is 0 Å². The van der Waals surface area contributed by atoms with E-state index in [0.29, 0.717) is 6.04 Å². The van der Waals surface area contributed by atoms with E-state index in [4.69, 9.17) is 0 Å². The van der Waals surface area contributed by atoms with Crippen LogP contribution in [0.4, 0.5) is 0 Å². The molecule has 0 aromatic carbocycles. The topological polar surface area (TPSA) is 30.2 Å². The fourth-order valence-electron chi connectivity index (χ4n) is 1.17. The molecule has 1 rings (SSSR count). The second kappa shape index (κ2) is 4.96. The van der Waals surface area contributed by atoms with Crippen molar-refractivity contribution in [1.82, 2.24) is 4.90 Å². The smallest absolute Gasteiger partial charge is 0.180 e. The maximum absolute atomic E-state index is 10.8. The lowest BCUT2D eigenvalue weighted by Gasteiger charge is -2.20. The van der Waals surface area contributed by atoms with Crippen molar-refractivity contribution in [2.45, 2.75) is 26.3 Å². The monoisotopic (exact) mass is 194 g/mol. The van der Waals surface area contributed by atoms with E-state index in [0.717, 1.165) is 17.7 Å². The molecule has 0 atom stereocenters. The van der Waals surface area contributed by atoms with Crippen LogP contribution in [0.5, 0.6) is 0 Å². The van der Waals surface area contributed by atoms with Gasteiger partial charge in [-0.3, -0.25) is 0 Å². The Hall–Kier alpha value is -1.09. The fourth-order valence-corrected chi connectivity index (χ4v) is 1.17. The number of aromatic nitrogens is 1. The predicted octanol–water partition coefficient (Wildman–Crippen LogP) is 1.20. The molecule has 0 spiro atoms. The van der Waals surface area contributed by atoms with Gasteiger partial charge in [-0.15, -0.1) is 0 Å². The van der Waals surface area contributed by atoms with Crippen LogP contribution in [0.15, 0.2) is 24.5 Å². The summed E-state index contributed by atoms with van der Waals surface area (Å²) in [5.74, 6) is 0. The highest BCUT2D eigenvalue weighted by molar-refractivity contribution is 5.07. The Balaban J connectivity index is 2.42. The molecule has 1 heterocycles. The number of pyridine rings is 1. The number of hydrogen-bond donors (Lipinski definition) is 0. The molecule has 0 aliphatic heterocycles. The second-order valence-corrected chi connectivity index (χ2v) is 3.89. The zero-order valence-corrected chi connectivity index (χ0v) is 9.10. The molecule has 0 N–H and O–H groups in total. The van der Waals surface area contributed by atoms with E-state index in [-0.39, 0.29) is 0 Å². The largest absolute Gasteiger partial charge is 0.619 e. The minimum atomic E-state index is 0.572. The van der Waals surface area contributed by atoms with Crippen LogP contribution >= 0.6 is 0 Å². The van der Waals surface area contributed by atoms with Gasteiger partial charge in [-0.1, -0.05) is 0 Å². The van der Waals surface area contributed by atoms with E-state index in [1.54, 1.807) is 12.4 Å². The third-order valence-corrected chi connectivity index (χ3v) is 2.51. The molecular formula is C11H18N2O. The van der Waals surface area contributed by atoms with Crippen molar-refractivity contribution in [3.05, 3.63) is 35.3 Å². The lowest BCUT2D eigenvalue weighted by atomic mass is 10.2. The van der Waals surface area contributed by atoms with Gasteiger partial charge in [-0.2, -0.15) is 4.73 Å². The van der Waals surface area contributed by atoms with Crippen LogP contribution in [0.1, 0.15) is 19.4 Å². The number of hydrogen-bond acceptors (Lipinski definition) is 2. The zero-order chi connectivity index (χ0) is 10.6. The summed E-state index contributed by atoms with van der Waals surface area (Å²) in [4.78, 5) is 2.29. The van der Waals surface area contributed by atoms with Crippen LogP contribution in [-0.4, -0.2) is 24.5 Å². The third-order valence-electron chi connectivity index (χ3n) is 2.51. The van der Waals surface area contributed by atoms with E-state index in [1.165, 1.54) is 5.56 Å². The van der Waals surface area contributed by atoms with Gasteiger partial charge in [-0.25, -0.2) is 0 Å². The van der Waals surface area contributed by atoms with Crippen molar-refractivity contribution in [2.24, 2.45) is 0 Å². The molecule has 14 heavy (non-hydrogen) atoms. The quantitative estimate of drug-likeness (QED) is 0.532. The number of nitrogens with zero attached hydrogens (tertiary/aromatic N) is 2. The number of rotatable bonds is 4. The Labute approximate surface area is 85.6 Å². The summed E-state index contributed by atoms with van der Waals surface area (Å²) in [6.07, 6.45) is 4.09. The van der Waals surface area contributed by atoms with Crippen molar-refractivity contribution in [1.29, 1.82) is 0 Å². The average Bonchev–Trinajstić information content (AvgIpc) is 2.16. The molecule has 1 aromatic rings. The van der Waals surface area contributed by atoms with Gasteiger partial charge in [0.15, 0.2) is 12.4 Å². The summed E-state index contributed by atoms with van der Waals surface area (Å²) in [7, 11) is 2.11. The molecule has 0 saturated carbocycles. The highest BCUT2D eigenvalue weighted by atomic mass is 16.5. The maximum atomic E-state index is 10.8. The van der Waals surface area contributed by atoms with Crippen molar-refractivity contribution in [3.63, 3.8) is 0 Å². The first-order chi connectivity index (χ1) is 6.59. The van der Waals surface area contributed by atoms with E-state index in [1.807, 2.05) is 12.1 Å². The summed E-state index contributed by atoms with van der Waals surface area (Å²) in [6.45, 7) is 5.38. The standard InChI is InChI=1S/C11H18N2O/c1-10(2)12(3)7-4-11-5-8-13(14)9-6-11/h5-6,8-10H,4,7H2,1-3H3. The second-order valence-electron chi connectivity index (χ2n) is 3.89. The van der Waals surface area contributed by atoms with Gasteiger partial charge < -0.3 is 10.1 Å². The molecule has 0 amide bonds. The van der Waals surface area contributed by atoms with E-state index < -0.39 is 0 Å². The molecule has 1 aromatic heterocycles. The van der Waals surface area contributed by atoms with Gasteiger partial charge in [0.25, 0.3) is 0 Å². The van der Waals surface area contributed by atoms with Crippen molar-refractivity contribution >= 4 is 0 Å². The van der Waals surface area contributed by atoms with Crippen LogP contribution in [-0.2, 0) is 6.42 Å². The van der Waals surface area contributed by atoms with Crippen molar-refractivity contribution in [2.75, 3.05) is 13.6 Å². The molecule has 0 fully saturated rings. The first-order valence-corrected chi connectivity index (χ1v) is 4.97. The summed E-state index contributed by atoms with van der Waals surface area (Å²) in [6, 6.07) is 4.32. The van der Waals surface area contributed by atoms with E-state index in [9.17, 15) is 5.21 Å². The molecule has 78 valence electrons. The van der Waals surface area contributed by atoms with Gasteiger partial charge in [0.2, 0.25) is 0 Å². The molecule has 0 aliphatic carbocycles. The highest BCUT2D eigenvalue weighted by Crippen LogP contribution is 2.00. The molecular weight excluding hydrogens is 176 g/mol. The summed E-state index contributed by atoms with van der Waals surface area (Å²) >= 11 is 0. The van der Waals surface area contributed by atoms with Gasteiger partial charge >= 0.3 is 0 Å². The lowest BCUT2D eigenvalue weighted by Crippen LogP contribution is -2.29. The first-order valence-electron chi connectivity index (χ1n) is 4.97. The first kappa shape index (κ1) is 11.0. The van der Waals surface area contributed by atoms with Gasteiger partial charge in [-0.05, 0) is 32.9 Å². The SMILES string of the molecule is CC(C)N(C)CCc1cc[n+]([O-])cc1. The van der Waals surface area contributed by atoms with Crippen LogP contribution in [0.3, 0.4) is 0 Å². The zero-order valence-electron chi connectivity index (χ0n) is 9.10. The van der Waals surface area contributed by atoms with Crippen molar-refractivity contribution in [3.8, 4) is 0 Å². The fraction of sp³-hybridized carbons (Fsp3) is 0.545. The highest BCUT2D eigenvalue weighted by Gasteiger charge is 2.03.